The minimum absolute atomic E-state index is 0.0170. The average molecular weight is 474 g/mol. The third kappa shape index (κ3) is 4.20. The van der Waals surface area contributed by atoms with E-state index < -0.39 is 5.91 Å². The normalized spacial score (nSPS) is 19.9. The topological polar surface area (TPSA) is 78.0 Å². The van der Waals surface area contributed by atoms with Gasteiger partial charge < -0.3 is 5.73 Å². The molecule has 1 atom stereocenters. The first-order valence-corrected chi connectivity index (χ1v) is 13.1. The van der Waals surface area contributed by atoms with Crippen molar-refractivity contribution < 1.29 is 4.79 Å². The van der Waals surface area contributed by atoms with E-state index in [1.165, 1.54) is 36.6 Å². The van der Waals surface area contributed by atoms with Crippen molar-refractivity contribution in [3.63, 3.8) is 0 Å². The fraction of sp³-hybridized carbons (Fsp3) is 0.393. The minimum Gasteiger partial charge on any atom is -0.369 e. The predicted octanol–water partition coefficient (Wildman–Crippen LogP) is 4.93. The molecule has 2 aliphatic carbocycles. The van der Waals surface area contributed by atoms with Crippen molar-refractivity contribution in [1.29, 1.82) is 0 Å². The van der Waals surface area contributed by atoms with E-state index in [0.29, 0.717) is 17.6 Å². The van der Waals surface area contributed by atoms with Gasteiger partial charge in [-0.25, -0.2) is 4.98 Å². The Kier molecular flexibility index (Phi) is 6.34. The lowest BCUT2D eigenvalue weighted by Gasteiger charge is -2.44. The fourth-order valence-electron chi connectivity index (χ4n) is 5.87. The summed E-state index contributed by atoms with van der Waals surface area (Å²) < 4.78 is 1.76. The summed E-state index contributed by atoms with van der Waals surface area (Å²) >= 11 is 1.25. The highest BCUT2D eigenvalue weighted by molar-refractivity contribution is 7.99. The molecule has 2 aliphatic rings. The Morgan fingerprint density at radius 1 is 1.09 bits per heavy atom. The van der Waals surface area contributed by atoms with Crippen molar-refractivity contribution in [2.75, 3.05) is 5.75 Å². The van der Waals surface area contributed by atoms with E-state index in [2.05, 4.69) is 25.1 Å². The van der Waals surface area contributed by atoms with Gasteiger partial charge in [0.05, 0.1) is 23.6 Å². The van der Waals surface area contributed by atoms with Crippen LogP contribution >= 0.6 is 11.8 Å². The van der Waals surface area contributed by atoms with Gasteiger partial charge >= 0.3 is 0 Å². The second-order valence-corrected chi connectivity index (χ2v) is 10.8. The maximum Gasteiger partial charge on any atom is 0.258 e. The summed E-state index contributed by atoms with van der Waals surface area (Å²) in [4.78, 5) is 31.0. The van der Waals surface area contributed by atoms with Crippen molar-refractivity contribution in [3.8, 4) is 11.3 Å². The Bertz CT molecular complexity index is 1260. The number of nitrogens with two attached hydrogens (primary N) is 1. The van der Waals surface area contributed by atoms with Crippen LogP contribution in [0.4, 0.5) is 0 Å². The molecule has 34 heavy (non-hydrogen) atoms. The number of benzene rings is 2. The molecule has 1 heterocycles. The highest BCUT2D eigenvalue weighted by atomic mass is 32.2. The summed E-state index contributed by atoms with van der Waals surface area (Å²) in [6.45, 7) is 2.70. The van der Waals surface area contributed by atoms with Crippen LogP contribution in [-0.2, 0) is 23.2 Å². The SMILES string of the molecule is C[C@@]1(C2CCCCC2)Cc2ccccc2-c2nc(SCC(N)=O)n(Cc3ccccc3)c(=O)c21. The molecule has 5 rings (SSSR count). The van der Waals surface area contributed by atoms with Crippen LogP contribution in [0.3, 0.4) is 0 Å². The lowest BCUT2D eigenvalue weighted by Crippen LogP contribution is -2.45. The fourth-order valence-corrected chi connectivity index (χ4v) is 6.60. The number of fused-ring (bicyclic) bond motifs is 3. The van der Waals surface area contributed by atoms with E-state index in [4.69, 9.17) is 10.7 Å². The van der Waals surface area contributed by atoms with Crippen LogP contribution in [0.25, 0.3) is 11.3 Å². The zero-order valence-corrected chi connectivity index (χ0v) is 20.4. The standard InChI is InChI=1S/C28H31N3O2S/c1-28(21-13-6-3-7-14-21)16-20-12-8-9-15-22(20)25-24(28)26(33)31(17-19-10-4-2-5-11-19)27(30-25)34-18-23(29)32/h2,4-5,8-12,15,21H,3,6-7,13-14,16-18H2,1H3,(H2,29,32)/t28-/m0/s1. The molecule has 0 radical (unpaired) electrons. The van der Waals surface area contributed by atoms with Crippen LogP contribution in [0.1, 0.15) is 55.7 Å². The second-order valence-electron chi connectivity index (χ2n) is 9.84. The number of carbonyl (C=O) groups excluding carboxylic acids is 1. The van der Waals surface area contributed by atoms with Gasteiger partial charge in [-0.2, -0.15) is 0 Å². The highest BCUT2D eigenvalue weighted by Crippen LogP contribution is 2.49. The summed E-state index contributed by atoms with van der Waals surface area (Å²) in [5.74, 6) is 0.120. The molecule has 1 saturated carbocycles. The first kappa shape index (κ1) is 22.9. The molecule has 176 valence electrons. The number of rotatable bonds is 6. The number of amides is 1. The van der Waals surface area contributed by atoms with Gasteiger partial charge in [-0.05, 0) is 36.3 Å². The maximum absolute atomic E-state index is 14.3. The molecular formula is C28H31N3O2S. The maximum atomic E-state index is 14.3. The van der Waals surface area contributed by atoms with Gasteiger partial charge in [0.25, 0.3) is 5.56 Å². The highest BCUT2D eigenvalue weighted by Gasteiger charge is 2.44. The van der Waals surface area contributed by atoms with E-state index >= 15 is 0 Å². The number of hydrogen-bond donors (Lipinski definition) is 1. The Hall–Kier alpha value is -2.86. The summed E-state index contributed by atoms with van der Waals surface area (Å²) in [6, 6.07) is 18.3. The molecule has 0 bridgehead atoms. The van der Waals surface area contributed by atoms with Crippen LogP contribution in [0.5, 0.6) is 0 Å². The molecule has 1 fully saturated rings. The van der Waals surface area contributed by atoms with E-state index in [9.17, 15) is 9.59 Å². The number of carbonyl (C=O) groups is 1. The summed E-state index contributed by atoms with van der Waals surface area (Å²) in [7, 11) is 0. The molecule has 3 aromatic rings. The van der Waals surface area contributed by atoms with Gasteiger partial charge in [0, 0.05) is 11.0 Å². The lowest BCUT2D eigenvalue weighted by atomic mass is 9.60. The van der Waals surface area contributed by atoms with Crippen molar-refractivity contribution in [2.45, 2.75) is 62.6 Å². The molecule has 5 nitrogen and oxygen atoms in total. The molecule has 1 aromatic heterocycles. The molecule has 1 amide bonds. The van der Waals surface area contributed by atoms with Crippen LogP contribution < -0.4 is 11.3 Å². The first-order valence-electron chi connectivity index (χ1n) is 12.2. The quantitative estimate of drug-likeness (QED) is 0.407. The monoisotopic (exact) mass is 473 g/mol. The summed E-state index contributed by atoms with van der Waals surface area (Å²) in [5, 5.41) is 0.550. The van der Waals surface area contributed by atoms with E-state index in [-0.39, 0.29) is 16.7 Å². The third-order valence-electron chi connectivity index (χ3n) is 7.57. The van der Waals surface area contributed by atoms with Crippen LogP contribution in [0, 0.1) is 5.92 Å². The Morgan fingerprint density at radius 3 is 2.53 bits per heavy atom. The smallest absolute Gasteiger partial charge is 0.258 e. The minimum atomic E-state index is -0.421. The number of aromatic nitrogens is 2. The van der Waals surface area contributed by atoms with Crippen molar-refractivity contribution in [1.82, 2.24) is 9.55 Å². The Morgan fingerprint density at radius 2 is 1.79 bits per heavy atom. The zero-order valence-electron chi connectivity index (χ0n) is 19.6. The molecule has 0 aliphatic heterocycles. The lowest BCUT2D eigenvalue weighted by molar-refractivity contribution is -0.115. The van der Waals surface area contributed by atoms with Gasteiger partial charge in [0.15, 0.2) is 5.16 Å². The third-order valence-corrected chi connectivity index (χ3v) is 8.57. The van der Waals surface area contributed by atoms with Gasteiger partial charge in [-0.3, -0.25) is 14.2 Å². The van der Waals surface area contributed by atoms with Gasteiger partial charge in [-0.15, -0.1) is 0 Å². The van der Waals surface area contributed by atoms with Crippen molar-refractivity contribution >= 4 is 17.7 Å². The van der Waals surface area contributed by atoms with Crippen molar-refractivity contribution in [3.05, 3.63) is 81.6 Å². The first-order chi connectivity index (χ1) is 16.5. The van der Waals surface area contributed by atoms with E-state index in [1.807, 2.05) is 36.4 Å². The molecule has 0 unspecified atom stereocenters. The van der Waals surface area contributed by atoms with Crippen molar-refractivity contribution in [2.24, 2.45) is 11.7 Å². The molecule has 2 aromatic carbocycles. The number of primary amides is 1. The predicted molar refractivity (Wildman–Crippen MR) is 137 cm³/mol. The molecular weight excluding hydrogens is 442 g/mol. The van der Waals surface area contributed by atoms with Gasteiger partial charge in [-0.1, -0.05) is 92.5 Å². The van der Waals surface area contributed by atoms with Crippen LogP contribution in [0.2, 0.25) is 0 Å². The molecule has 6 heteroatoms. The second kappa shape index (κ2) is 9.41. The average Bonchev–Trinajstić information content (AvgIpc) is 2.85. The molecule has 2 N–H and O–H groups in total. The summed E-state index contributed by atoms with van der Waals surface area (Å²) in [6.07, 6.45) is 6.86. The van der Waals surface area contributed by atoms with Gasteiger partial charge in [0.2, 0.25) is 5.91 Å². The number of thioether (sulfide) groups is 1. The van der Waals surface area contributed by atoms with Crippen LogP contribution in [0.15, 0.2) is 64.5 Å². The van der Waals surface area contributed by atoms with E-state index in [1.54, 1.807) is 4.57 Å². The molecule has 0 spiro atoms. The number of hydrogen-bond acceptors (Lipinski definition) is 4. The Labute approximate surface area is 204 Å². The summed E-state index contributed by atoms with van der Waals surface area (Å²) in [5.41, 5.74) is 10.2. The van der Waals surface area contributed by atoms with Crippen LogP contribution in [-0.4, -0.2) is 21.2 Å². The van der Waals surface area contributed by atoms with Gasteiger partial charge in [0.1, 0.15) is 0 Å². The zero-order chi connectivity index (χ0) is 23.7. The Balaban J connectivity index is 1.73. The largest absolute Gasteiger partial charge is 0.369 e. The number of nitrogens with zero attached hydrogens (tertiary/aromatic N) is 2. The molecule has 0 saturated heterocycles. The van der Waals surface area contributed by atoms with E-state index in [0.717, 1.165) is 41.6 Å².